The maximum Gasteiger partial charge on any atom is 0.336 e. The highest BCUT2D eigenvalue weighted by Gasteiger charge is 2.17. The number of aromatic nitrogens is 3. The third-order valence-corrected chi connectivity index (χ3v) is 4.38. The molecule has 1 heterocycles. The normalized spacial score (nSPS) is 10.7. The van der Waals surface area contributed by atoms with Gasteiger partial charge in [-0.15, -0.1) is 5.10 Å². The van der Waals surface area contributed by atoms with Crippen LogP contribution < -0.4 is 10.1 Å². The fourth-order valence-electron chi connectivity index (χ4n) is 2.93. The van der Waals surface area contributed by atoms with Crippen LogP contribution in [-0.2, 0) is 4.79 Å². The molecular formula is C22H25FN4O2. The van der Waals surface area contributed by atoms with Crippen molar-refractivity contribution in [2.24, 2.45) is 0 Å². The van der Waals surface area contributed by atoms with Crippen molar-refractivity contribution in [1.82, 2.24) is 14.8 Å². The number of ether oxygens (including phenoxy) is 1. The molecule has 0 fully saturated rings. The van der Waals surface area contributed by atoms with Crippen LogP contribution in [0.1, 0.15) is 39.5 Å². The molecule has 152 valence electrons. The SMILES string of the molecule is CCCCCC(=O)Nc1ccc(-n2nc(OCC)nc2-c2ccccc2F)cc1. The number of carbonyl (C=O) groups excluding carboxylic acids is 1. The monoisotopic (exact) mass is 396 g/mol. The zero-order chi connectivity index (χ0) is 20.6. The van der Waals surface area contributed by atoms with Gasteiger partial charge in [0.05, 0.1) is 17.9 Å². The molecule has 0 saturated carbocycles. The van der Waals surface area contributed by atoms with Crippen LogP contribution in [0.3, 0.4) is 0 Å². The Morgan fingerprint density at radius 1 is 1.10 bits per heavy atom. The van der Waals surface area contributed by atoms with Crippen molar-refractivity contribution in [3.63, 3.8) is 0 Å². The van der Waals surface area contributed by atoms with Gasteiger partial charge in [-0.3, -0.25) is 4.79 Å². The largest absolute Gasteiger partial charge is 0.463 e. The minimum Gasteiger partial charge on any atom is -0.463 e. The van der Waals surface area contributed by atoms with Gasteiger partial charge in [0.15, 0.2) is 5.82 Å². The fraction of sp³-hybridized carbons (Fsp3) is 0.318. The number of hydrogen-bond donors (Lipinski definition) is 1. The van der Waals surface area contributed by atoms with E-state index in [0.717, 1.165) is 19.3 Å². The van der Waals surface area contributed by atoms with Crippen molar-refractivity contribution in [3.05, 3.63) is 54.3 Å². The summed E-state index contributed by atoms with van der Waals surface area (Å²) >= 11 is 0. The summed E-state index contributed by atoms with van der Waals surface area (Å²) in [6, 6.07) is 13.8. The van der Waals surface area contributed by atoms with E-state index >= 15 is 0 Å². The first kappa shape index (κ1) is 20.5. The number of amides is 1. The minimum absolute atomic E-state index is 0.00219. The van der Waals surface area contributed by atoms with Crippen LogP contribution in [0.5, 0.6) is 6.01 Å². The standard InChI is InChI=1S/C22H25FN4O2/c1-3-5-6-11-20(28)24-16-12-14-17(15-13-16)27-21(25-22(26-27)29-4-2)18-9-7-8-10-19(18)23/h7-10,12-15H,3-6,11H2,1-2H3,(H,24,28). The van der Waals surface area contributed by atoms with E-state index < -0.39 is 0 Å². The van der Waals surface area contributed by atoms with Crippen molar-refractivity contribution >= 4 is 11.6 Å². The first-order valence-electron chi connectivity index (χ1n) is 9.87. The van der Waals surface area contributed by atoms with Crippen molar-refractivity contribution < 1.29 is 13.9 Å². The van der Waals surface area contributed by atoms with Gasteiger partial charge in [-0.1, -0.05) is 31.9 Å². The Hall–Kier alpha value is -3.22. The molecule has 1 amide bonds. The van der Waals surface area contributed by atoms with Crippen molar-refractivity contribution in [1.29, 1.82) is 0 Å². The molecule has 3 aromatic rings. The Balaban J connectivity index is 1.84. The quantitative estimate of drug-likeness (QED) is 0.517. The zero-order valence-corrected chi connectivity index (χ0v) is 16.7. The van der Waals surface area contributed by atoms with Crippen LogP contribution >= 0.6 is 0 Å². The molecule has 29 heavy (non-hydrogen) atoms. The molecule has 0 atom stereocenters. The molecule has 0 bridgehead atoms. The van der Waals surface area contributed by atoms with Gasteiger partial charge >= 0.3 is 6.01 Å². The summed E-state index contributed by atoms with van der Waals surface area (Å²) in [6.45, 7) is 4.35. The first-order chi connectivity index (χ1) is 14.1. The Kier molecular flexibility index (Phi) is 6.94. The number of halogens is 1. The van der Waals surface area contributed by atoms with E-state index in [4.69, 9.17) is 4.74 Å². The third-order valence-electron chi connectivity index (χ3n) is 4.38. The van der Waals surface area contributed by atoms with Crippen molar-refractivity contribution in [2.75, 3.05) is 11.9 Å². The lowest BCUT2D eigenvalue weighted by Gasteiger charge is -2.09. The molecule has 0 aliphatic rings. The molecule has 6 nitrogen and oxygen atoms in total. The predicted molar refractivity (Wildman–Crippen MR) is 111 cm³/mol. The fourth-order valence-corrected chi connectivity index (χ4v) is 2.93. The van der Waals surface area contributed by atoms with Crippen LogP contribution in [0.15, 0.2) is 48.5 Å². The minimum atomic E-state index is -0.389. The number of nitrogens with zero attached hydrogens (tertiary/aromatic N) is 3. The lowest BCUT2D eigenvalue weighted by atomic mass is 10.2. The van der Waals surface area contributed by atoms with Gasteiger partial charge in [-0.2, -0.15) is 4.98 Å². The number of anilines is 1. The van der Waals surface area contributed by atoms with Crippen LogP contribution in [0, 0.1) is 5.82 Å². The molecule has 0 aliphatic carbocycles. The van der Waals surface area contributed by atoms with Gasteiger partial charge in [-0.05, 0) is 49.7 Å². The lowest BCUT2D eigenvalue weighted by Crippen LogP contribution is -2.11. The predicted octanol–water partition coefficient (Wildman–Crippen LogP) is 4.99. The molecular weight excluding hydrogens is 371 g/mol. The summed E-state index contributed by atoms with van der Waals surface area (Å²) < 4.78 is 21.3. The smallest absolute Gasteiger partial charge is 0.336 e. The van der Waals surface area contributed by atoms with Crippen molar-refractivity contribution in [3.8, 4) is 23.1 Å². The highest BCUT2D eigenvalue weighted by atomic mass is 19.1. The maximum absolute atomic E-state index is 14.3. The first-order valence-corrected chi connectivity index (χ1v) is 9.87. The van der Waals surface area contributed by atoms with Gasteiger partial charge in [0.1, 0.15) is 5.82 Å². The molecule has 0 spiro atoms. The Morgan fingerprint density at radius 3 is 2.55 bits per heavy atom. The topological polar surface area (TPSA) is 69.0 Å². The van der Waals surface area contributed by atoms with Gasteiger partial charge < -0.3 is 10.1 Å². The molecule has 1 N–H and O–H groups in total. The molecule has 2 aromatic carbocycles. The van der Waals surface area contributed by atoms with E-state index in [9.17, 15) is 9.18 Å². The van der Waals surface area contributed by atoms with Gasteiger partial charge in [0.2, 0.25) is 5.91 Å². The lowest BCUT2D eigenvalue weighted by molar-refractivity contribution is -0.116. The van der Waals surface area contributed by atoms with Crippen LogP contribution in [0.4, 0.5) is 10.1 Å². The molecule has 1 aromatic heterocycles. The number of hydrogen-bond acceptors (Lipinski definition) is 4. The highest BCUT2D eigenvalue weighted by Crippen LogP contribution is 2.26. The van der Waals surface area contributed by atoms with E-state index in [1.54, 1.807) is 42.5 Å². The number of rotatable bonds is 9. The van der Waals surface area contributed by atoms with E-state index in [-0.39, 0.29) is 17.7 Å². The number of unbranched alkanes of at least 4 members (excludes halogenated alkanes) is 2. The second-order valence-electron chi connectivity index (χ2n) is 6.59. The van der Waals surface area contributed by atoms with Crippen molar-refractivity contribution in [2.45, 2.75) is 39.5 Å². The number of nitrogens with one attached hydrogen (secondary N) is 1. The summed E-state index contributed by atoms with van der Waals surface area (Å²) in [6.07, 6.45) is 3.51. The molecule has 0 aliphatic heterocycles. The van der Waals surface area contributed by atoms with Crippen LogP contribution in [0.2, 0.25) is 0 Å². The van der Waals surface area contributed by atoms with E-state index in [0.29, 0.717) is 35.8 Å². The Morgan fingerprint density at radius 2 is 1.86 bits per heavy atom. The molecule has 3 rings (SSSR count). The van der Waals surface area contributed by atoms with Gasteiger partial charge in [0, 0.05) is 12.1 Å². The summed E-state index contributed by atoms with van der Waals surface area (Å²) in [4.78, 5) is 16.3. The molecule has 0 radical (unpaired) electrons. The third kappa shape index (κ3) is 5.19. The summed E-state index contributed by atoms with van der Waals surface area (Å²) in [5.74, 6) is -0.0410. The maximum atomic E-state index is 14.3. The van der Waals surface area contributed by atoms with Gasteiger partial charge in [-0.25, -0.2) is 9.07 Å². The summed E-state index contributed by atoms with van der Waals surface area (Å²) in [7, 11) is 0. The van der Waals surface area contributed by atoms with Gasteiger partial charge in [0.25, 0.3) is 0 Å². The second-order valence-corrected chi connectivity index (χ2v) is 6.59. The van der Waals surface area contributed by atoms with Crippen LogP contribution in [0.25, 0.3) is 17.1 Å². The molecule has 0 unspecified atom stereocenters. The number of benzene rings is 2. The zero-order valence-electron chi connectivity index (χ0n) is 16.7. The second kappa shape index (κ2) is 9.82. The summed E-state index contributed by atoms with van der Waals surface area (Å²) in [5.41, 5.74) is 1.72. The Bertz CT molecular complexity index is 954. The van der Waals surface area contributed by atoms with Crippen LogP contribution in [-0.4, -0.2) is 27.3 Å². The average Bonchev–Trinajstić information content (AvgIpc) is 3.13. The molecule has 7 heteroatoms. The summed E-state index contributed by atoms with van der Waals surface area (Å²) in [5, 5.41) is 7.25. The molecule has 0 saturated heterocycles. The Labute approximate surface area is 169 Å². The number of carbonyl (C=O) groups is 1. The van der Waals surface area contributed by atoms with E-state index in [1.165, 1.54) is 10.7 Å². The highest BCUT2D eigenvalue weighted by molar-refractivity contribution is 5.90. The average molecular weight is 396 g/mol. The van der Waals surface area contributed by atoms with E-state index in [1.807, 2.05) is 6.92 Å². The van der Waals surface area contributed by atoms with E-state index in [2.05, 4.69) is 22.3 Å².